The van der Waals surface area contributed by atoms with Crippen molar-refractivity contribution in [2.45, 2.75) is 46.2 Å². The van der Waals surface area contributed by atoms with Gasteiger partial charge in [-0.15, -0.1) is 0 Å². The minimum absolute atomic E-state index is 0.100. The van der Waals surface area contributed by atoms with Crippen LogP contribution in [0.1, 0.15) is 42.9 Å². The fraction of sp³-hybridized carbons (Fsp3) is 0.778. The predicted molar refractivity (Wildman–Crippen MR) is 95.2 cm³/mol. The number of ether oxygens (including phenoxy) is 1. The van der Waals surface area contributed by atoms with Gasteiger partial charge in [0, 0.05) is 25.7 Å². The summed E-state index contributed by atoms with van der Waals surface area (Å²) < 4.78 is 7.19. The molecule has 1 atom stereocenters. The number of piperidine rings is 1. The lowest BCUT2D eigenvalue weighted by atomic mass is 9.89. The van der Waals surface area contributed by atoms with E-state index in [0.29, 0.717) is 37.4 Å². The lowest BCUT2D eigenvalue weighted by Crippen LogP contribution is -2.44. The SMILES string of the molecule is CCOCCn1nc(C)cc1C(=O)N1CCC([C@H](C)N(C)C)CC1. The third kappa shape index (κ3) is 4.57. The van der Waals surface area contributed by atoms with Gasteiger partial charge in [-0.25, -0.2) is 0 Å². The molecule has 136 valence electrons. The quantitative estimate of drug-likeness (QED) is 0.715. The molecule has 1 aliphatic heterocycles. The number of likely N-dealkylation sites (tertiary alicyclic amines) is 1. The van der Waals surface area contributed by atoms with Crippen LogP contribution in [0.4, 0.5) is 0 Å². The van der Waals surface area contributed by atoms with E-state index in [1.807, 2.05) is 24.8 Å². The number of amides is 1. The third-order valence-corrected chi connectivity index (χ3v) is 5.10. The smallest absolute Gasteiger partial charge is 0.272 e. The molecule has 0 unspecified atom stereocenters. The number of hydrogen-bond acceptors (Lipinski definition) is 4. The van der Waals surface area contributed by atoms with Crippen LogP contribution in [-0.4, -0.2) is 71.9 Å². The first-order chi connectivity index (χ1) is 11.4. The third-order valence-electron chi connectivity index (χ3n) is 5.10. The lowest BCUT2D eigenvalue weighted by Gasteiger charge is -2.37. The molecule has 1 aliphatic rings. The van der Waals surface area contributed by atoms with E-state index < -0.39 is 0 Å². The van der Waals surface area contributed by atoms with Crippen molar-refractivity contribution >= 4 is 5.91 Å². The van der Waals surface area contributed by atoms with Gasteiger partial charge in [0.05, 0.1) is 18.8 Å². The molecule has 1 saturated heterocycles. The Balaban J connectivity index is 1.98. The summed E-state index contributed by atoms with van der Waals surface area (Å²) in [6.07, 6.45) is 2.13. The first-order valence-corrected chi connectivity index (χ1v) is 9.02. The molecule has 1 aromatic heterocycles. The molecule has 1 aromatic rings. The van der Waals surface area contributed by atoms with Crippen molar-refractivity contribution in [3.8, 4) is 0 Å². The Hall–Kier alpha value is -1.40. The van der Waals surface area contributed by atoms with Crippen molar-refractivity contribution in [3.05, 3.63) is 17.5 Å². The van der Waals surface area contributed by atoms with Crippen LogP contribution in [0.3, 0.4) is 0 Å². The van der Waals surface area contributed by atoms with Crippen molar-refractivity contribution in [2.75, 3.05) is 40.4 Å². The van der Waals surface area contributed by atoms with Crippen LogP contribution in [0.15, 0.2) is 6.07 Å². The van der Waals surface area contributed by atoms with Crippen LogP contribution in [0.25, 0.3) is 0 Å². The maximum atomic E-state index is 12.9. The van der Waals surface area contributed by atoms with E-state index in [4.69, 9.17) is 4.74 Å². The second kappa shape index (κ2) is 8.62. The zero-order chi connectivity index (χ0) is 17.7. The van der Waals surface area contributed by atoms with Gasteiger partial charge in [0.15, 0.2) is 0 Å². The zero-order valence-corrected chi connectivity index (χ0v) is 15.8. The van der Waals surface area contributed by atoms with Crippen molar-refractivity contribution in [1.82, 2.24) is 19.6 Å². The number of hydrogen-bond donors (Lipinski definition) is 0. The highest BCUT2D eigenvalue weighted by atomic mass is 16.5. The summed E-state index contributed by atoms with van der Waals surface area (Å²) in [5, 5.41) is 4.45. The Bertz CT molecular complexity index is 533. The molecule has 24 heavy (non-hydrogen) atoms. The normalized spacial score (nSPS) is 17.5. The Kier molecular flexibility index (Phi) is 6.80. The molecule has 0 spiro atoms. The Morgan fingerprint density at radius 1 is 1.42 bits per heavy atom. The zero-order valence-electron chi connectivity index (χ0n) is 15.8. The molecule has 0 aromatic carbocycles. The largest absolute Gasteiger partial charge is 0.380 e. The molecule has 6 heteroatoms. The summed E-state index contributed by atoms with van der Waals surface area (Å²) in [4.78, 5) is 17.1. The fourth-order valence-corrected chi connectivity index (χ4v) is 3.35. The van der Waals surface area contributed by atoms with Crippen molar-refractivity contribution in [1.29, 1.82) is 0 Å². The highest BCUT2D eigenvalue weighted by molar-refractivity contribution is 5.92. The molecule has 2 heterocycles. The van der Waals surface area contributed by atoms with Crippen LogP contribution in [0.2, 0.25) is 0 Å². The van der Waals surface area contributed by atoms with E-state index in [-0.39, 0.29) is 5.91 Å². The van der Waals surface area contributed by atoms with Crippen LogP contribution in [0.5, 0.6) is 0 Å². The highest BCUT2D eigenvalue weighted by Crippen LogP contribution is 2.24. The molecule has 2 rings (SSSR count). The van der Waals surface area contributed by atoms with Gasteiger partial charge in [-0.3, -0.25) is 9.48 Å². The average molecular weight is 336 g/mol. The van der Waals surface area contributed by atoms with Crippen molar-refractivity contribution < 1.29 is 9.53 Å². The van der Waals surface area contributed by atoms with Gasteiger partial charge in [0.2, 0.25) is 0 Å². The van der Waals surface area contributed by atoms with Gasteiger partial charge in [-0.05, 0) is 59.7 Å². The molecule has 0 saturated carbocycles. The summed E-state index contributed by atoms with van der Waals surface area (Å²) in [7, 11) is 4.25. The number of carbonyl (C=O) groups excluding carboxylic acids is 1. The molecule has 0 radical (unpaired) electrons. The fourth-order valence-electron chi connectivity index (χ4n) is 3.35. The van der Waals surface area contributed by atoms with Crippen molar-refractivity contribution in [2.24, 2.45) is 5.92 Å². The summed E-state index contributed by atoms with van der Waals surface area (Å²) in [6, 6.07) is 2.45. The minimum atomic E-state index is 0.100. The molecule has 1 amide bonds. The van der Waals surface area contributed by atoms with Gasteiger partial charge in [0.25, 0.3) is 5.91 Å². The maximum absolute atomic E-state index is 12.9. The van der Waals surface area contributed by atoms with Gasteiger partial charge in [0.1, 0.15) is 5.69 Å². The second-order valence-electron chi connectivity index (χ2n) is 6.92. The molecule has 6 nitrogen and oxygen atoms in total. The average Bonchev–Trinajstić information content (AvgIpc) is 2.94. The van der Waals surface area contributed by atoms with Gasteiger partial charge in [-0.1, -0.05) is 0 Å². The summed E-state index contributed by atoms with van der Waals surface area (Å²) in [5.41, 5.74) is 1.57. The summed E-state index contributed by atoms with van der Waals surface area (Å²) in [5.74, 6) is 0.761. The first kappa shape index (κ1) is 18.9. The van der Waals surface area contributed by atoms with Crippen molar-refractivity contribution in [3.63, 3.8) is 0 Å². The lowest BCUT2D eigenvalue weighted by molar-refractivity contribution is 0.0624. The monoisotopic (exact) mass is 336 g/mol. The molecular weight excluding hydrogens is 304 g/mol. The topological polar surface area (TPSA) is 50.6 Å². The van der Waals surface area contributed by atoms with E-state index in [9.17, 15) is 4.79 Å². The highest BCUT2D eigenvalue weighted by Gasteiger charge is 2.29. The maximum Gasteiger partial charge on any atom is 0.272 e. The number of rotatable bonds is 7. The first-order valence-electron chi connectivity index (χ1n) is 9.02. The number of carbonyl (C=O) groups is 1. The second-order valence-corrected chi connectivity index (χ2v) is 6.92. The molecule has 0 bridgehead atoms. The Morgan fingerprint density at radius 3 is 2.67 bits per heavy atom. The van der Waals surface area contributed by atoms with Crippen LogP contribution >= 0.6 is 0 Å². The number of aromatic nitrogens is 2. The van der Waals surface area contributed by atoms with Crippen LogP contribution < -0.4 is 0 Å². The number of aryl methyl sites for hydroxylation is 1. The van der Waals surface area contributed by atoms with E-state index in [2.05, 4.69) is 31.0 Å². The molecular formula is C18H32N4O2. The Labute approximate surface area is 145 Å². The van der Waals surface area contributed by atoms with Gasteiger partial charge >= 0.3 is 0 Å². The predicted octanol–water partition coefficient (Wildman–Crippen LogP) is 2.03. The van der Waals surface area contributed by atoms with E-state index in [1.54, 1.807) is 4.68 Å². The minimum Gasteiger partial charge on any atom is -0.380 e. The van der Waals surface area contributed by atoms with Crippen LogP contribution in [-0.2, 0) is 11.3 Å². The molecule has 0 N–H and O–H groups in total. The van der Waals surface area contributed by atoms with E-state index in [0.717, 1.165) is 31.6 Å². The summed E-state index contributed by atoms with van der Waals surface area (Å²) >= 11 is 0. The molecule has 1 fully saturated rings. The van der Waals surface area contributed by atoms with Gasteiger partial charge < -0.3 is 14.5 Å². The summed E-state index contributed by atoms with van der Waals surface area (Å²) in [6.45, 7) is 9.72. The van der Waals surface area contributed by atoms with Gasteiger partial charge in [-0.2, -0.15) is 5.10 Å². The van der Waals surface area contributed by atoms with Crippen LogP contribution in [0, 0.1) is 12.8 Å². The molecule has 0 aliphatic carbocycles. The Morgan fingerprint density at radius 2 is 2.08 bits per heavy atom. The van der Waals surface area contributed by atoms with E-state index in [1.165, 1.54) is 0 Å². The van der Waals surface area contributed by atoms with E-state index >= 15 is 0 Å². The number of nitrogens with zero attached hydrogens (tertiary/aromatic N) is 4. The standard InChI is InChI=1S/C18H32N4O2/c1-6-24-12-11-22-17(13-14(2)19-22)18(23)21-9-7-16(8-10-21)15(3)20(4)5/h13,15-16H,6-12H2,1-5H3/t15-/m0/s1.